The Hall–Kier alpha value is -3.35. The standard InChI is InChI=1S/C21H26N4O3/c1-4-25(5-2)18-13-11-17(12-14-18)21(28)24-23-19(26)15(3)22-20(27)16-9-7-6-8-10-16/h6-15H,4-5H2,1-3H3,(H,22,27)(H,23,26)(H,24,28). The number of hydrogen-bond acceptors (Lipinski definition) is 4. The van der Waals surface area contributed by atoms with Crippen molar-refractivity contribution in [1.82, 2.24) is 16.2 Å². The lowest BCUT2D eigenvalue weighted by Crippen LogP contribution is -2.51. The highest BCUT2D eigenvalue weighted by Crippen LogP contribution is 2.14. The van der Waals surface area contributed by atoms with Crippen molar-refractivity contribution < 1.29 is 14.4 Å². The lowest BCUT2D eigenvalue weighted by molar-refractivity contribution is -0.123. The van der Waals surface area contributed by atoms with Gasteiger partial charge in [0.1, 0.15) is 6.04 Å². The smallest absolute Gasteiger partial charge is 0.269 e. The molecule has 1 atom stereocenters. The number of amides is 3. The molecule has 1 unspecified atom stereocenters. The van der Waals surface area contributed by atoms with E-state index in [-0.39, 0.29) is 5.91 Å². The molecule has 0 aliphatic rings. The monoisotopic (exact) mass is 382 g/mol. The summed E-state index contributed by atoms with van der Waals surface area (Å²) in [5.41, 5.74) is 6.62. The Kier molecular flexibility index (Phi) is 7.56. The summed E-state index contributed by atoms with van der Waals surface area (Å²) in [4.78, 5) is 38.6. The predicted octanol–water partition coefficient (Wildman–Crippen LogP) is 2.11. The second-order valence-corrected chi connectivity index (χ2v) is 6.22. The number of hydrazine groups is 1. The molecule has 0 saturated heterocycles. The molecule has 3 N–H and O–H groups in total. The van der Waals surface area contributed by atoms with Crippen LogP contribution >= 0.6 is 0 Å². The second kappa shape index (κ2) is 10.1. The van der Waals surface area contributed by atoms with Gasteiger partial charge in [0.25, 0.3) is 17.7 Å². The van der Waals surface area contributed by atoms with E-state index >= 15 is 0 Å². The fraction of sp³-hybridized carbons (Fsp3) is 0.286. The van der Waals surface area contributed by atoms with E-state index in [1.54, 1.807) is 49.4 Å². The molecule has 2 aromatic carbocycles. The van der Waals surface area contributed by atoms with E-state index in [1.165, 1.54) is 0 Å². The van der Waals surface area contributed by atoms with Crippen molar-refractivity contribution in [3.8, 4) is 0 Å². The molecule has 0 aromatic heterocycles. The van der Waals surface area contributed by atoms with Gasteiger partial charge < -0.3 is 10.2 Å². The molecule has 148 valence electrons. The highest BCUT2D eigenvalue weighted by atomic mass is 16.2. The molecule has 2 rings (SSSR count). The third-order valence-electron chi connectivity index (χ3n) is 4.33. The molecule has 2 aromatic rings. The molecule has 0 saturated carbocycles. The van der Waals surface area contributed by atoms with E-state index in [4.69, 9.17) is 0 Å². The third kappa shape index (κ3) is 5.57. The highest BCUT2D eigenvalue weighted by molar-refractivity contribution is 5.99. The molecule has 0 spiro atoms. The number of carbonyl (C=O) groups is 3. The van der Waals surface area contributed by atoms with Crippen LogP contribution in [0.25, 0.3) is 0 Å². The minimum Gasteiger partial charge on any atom is -0.372 e. The van der Waals surface area contributed by atoms with Gasteiger partial charge in [0.05, 0.1) is 0 Å². The van der Waals surface area contributed by atoms with Gasteiger partial charge in [0, 0.05) is 29.9 Å². The molecule has 7 nitrogen and oxygen atoms in total. The molecule has 0 aliphatic heterocycles. The number of nitrogens with zero attached hydrogens (tertiary/aromatic N) is 1. The number of hydrogen-bond donors (Lipinski definition) is 3. The number of nitrogens with one attached hydrogen (secondary N) is 3. The molecule has 0 heterocycles. The van der Waals surface area contributed by atoms with Crippen LogP contribution in [0.3, 0.4) is 0 Å². The Balaban J connectivity index is 1.86. The quantitative estimate of drug-likeness (QED) is 0.640. The zero-order chi connectivity index (χ0) is 20.5. The fourth-order valence-corrected chi connectivity index (χ4v) is 2.65. The first kappa shape index (κ1) is 21.0. The minimum absolute atomic E-state index is 0.360. The normalized spacial score (nSPS) is 11.2. The van der Waals surface area contributed by atoms with Crippen molar-refractivity contribution in [2.24, 2.45) is 0 Å². The predicted molar refractivity (Wildman–Crippen MR) is 109 cm³/mol. The maximum Gasteiger partial charge on any atom is 0.269 e. The average Bonchev–Trinajstić information content (AvgIpc) is 2.73. The summed E-state index contributed by atoms with van der Waals surface area (Å²) in [6.07, 6.45) is 0. The van der Waals surface area contributed by atoms with Crippen molar-refractivity contribution in [3.05, 3.63) is 65.7 Å². The lowest BCUT2D eigenvalue weighted by atomic mass is 10.2. The number of benzene rings is 2. The molecule has 0 fully saturated rings. The molecule has 0 bridgehead atoms. The molecule has 0 aliphatic carbocycles. The molecule has 7 heteroatoms. The van der Waals surface area contributed by atoms with Crippen LogP contribution in [0.1, 0.15) is 41.5 Å². The largest absolute Gasteiger partial charge is 0.372 e. The Morgan fingerprint density at radius 1 is 0.821 bits per heavy atom. The summed E-state index contributed by atoms with van der Waals surface area (Å²) < 4.78 is 0. The van der Waals surface area contributed by atoms with E-state index in [9.17, 15) is 14.4 Å². The maximum atomic E-state index is 12.2. The number of rotatable bonds is 7. The molecule has 28 heavy (non-hydrogen) atoms. The van der Waals surface area contributed by atoms with Crippen molar-refractivity contribution in [2.75, 3.05) is 18.0 Å². The summed E-state index contributed by atoms with van der Waals surface area (Å²) in [6.45, 7) is 7.44. The Morgan fingerprint density at radius 3 is 1.96 bits per heavy atom. The van der Waals surface area contributed by atoms with Gasteiger partial charge in [-0.2, -0.15) is 0 Å². The molecule has 3 amide bonds. The van der Waals surface area contributed by atoms with Gasteiger partial charge in [0.15, 0.2) is 0 Å². The average molecular weight is 382 g/mol. The second-order valence-electron chi connectivity index (χ2n) is 6.22. The summed E-state index contributed by atoms with van der Waals surface area (Å²) >= 11 is 0. The Bertz CT molecular complexity index is 802. The first-order valence-corrected chi connectivity index (χ1v) is 9.27. The van der Waals surface area contributed by atoms with Crippen molar-refractivity contribution in [2.45, 2.75) is 26.8 Å². The van der Waals surface area contributed by atoms with Crippen molar-refractivity contribution in [3.63, 3.8) is 0 Å². The minimum atomic E-state index is -0.807. The van der Waals surface area contributed by atoms with Gasteiger partial charge in [-0.3, -0.25) is 25.2 Å². The van der Waals surface area contributed by atoms with Gasteiger partial charge >= 0.3 is 0 Å². The first-order valence-electron chi connectivity index (χ1n) is 9.27. The highest BCUT2D eigenvalue weighted by Gasteiger charge is 2.17. The zero-order valence-electron chi connectivity index (χ0n) is 16.4. The summed E-state index contributed by atoms with van der Waals surface area (Å²) in [7, 11) is 0. The van der Waals surface area contributed by atoms with Crippen LogP contribution < -0.4 is 21.1 Å². The van der Waals surface area contributed by atoms with Crippen LogP contribution in [0.2, 0.25) is 0 Å². The van der Waals surface area contributed by atoms with Gasteiger partial charge in [-0.05, 0) is 57.2 Å². The van der Waals surface area contributed by atoms with Crippen LogP contribution in [-0.4, -0.2) is 36.9 Å². The number of anilines is 1. The summed E-state index contributed by atoms with van der Waals surface area (Å²) in [5.74, 6) is -1.31. The van der Waals surface area contributed by atoms with E-state index in [1.807, 2.05) is 12.1 Å². The van der Waals surface area contributed by atoms with Gasteiger partial charge in [-0.1, -0.05) is 18.2 Å². The molecular formula is C21H26N4O3. The van der Waals surface area contributed by atoms with Crippen LogP contribution in [0.4, 0.5) is 5.69 Å². The maximum absolute atomic E-state index is 12.2. The number of carbonyl (C=O) groups excluding carboxylic acids is 3. The summed E-state index contributed by atoms with van der Waals surface area (Å²) in [5, 5.41) is 2.58. The van der Waals surface area contributed by atoms with Crippen molar-refractivity contribution >= 4 is 23.4 Å². The van der Waals surface area contributed by atoms with Crippen LogP contribution in [0.5, 0.6) is 0 Å². The van der Waals surface area contributed by atoms with Gasteiger partial charge in [-0.15, -0.1) is 0 Å². The van der Waals surface area contributed by atoms with E-state index in [0.717, 1.165) is 18.8 Å². The third-order valence-corrected chi connectivity index (χ3v) is 4.33. The molecular weight excluding hydrogens is 356 g/mol. The van der Waals surface area contributed by atoms with Crippen LogP contribution in [-0.2, 0) is 4.79 Å². The van der Waals surface area contributed by atoms with E-state index in [0.29, 0.717) is 11.1 Å². The van der Waals surface area contributed by atoms with Crippen LogP contribution in [0.15, 0.2) is 54.6 Å². The van der Waals surface area contributed by atoms with Crippen LogP contribution in [0, 0.1) is 0 Å². The SMILES string of the molecule is CCN(CC)c1ccc(C(=O)NNC(=O)C(C)NC(=O)c2ccccc2)cc1. The first-order chi connectivity index (χ1) is 13.5. The zero-order valence-corrected chi connectivity index (χ0v) is 16.4. The Morgan fingerprint density at radius 2 is 1.39 bits per heavy atom. The van der Waals surface area contributed by atoms with E-state index in [2.05, 4.69) is 34.9 Å². The molecule has 0 radical (unpaired) electrons. The lowest BCUT2D eigenvalue weighted by Gasteiger charge is -2.21. The van der Waals surface area contributed by atoms with Gasteiger partial charge in [0.2, 0.25) is 0 Å². The van der Waals surface area contributed by atoms with Gasteiger partial charge in [-0.25, -0.2) is 0 Å². The van der Waals surface area contributed by atoms with Crippen molar-refractivity contribution in [1.29, 1.82) is 0 Å². The topological polar surface area (TPSA) is 90.5 Å². The fourth-order valence-electron chi connectivity index (χ4n) is 2.65. The summed E-state index contributed by atoms with van der Waals surface area (Å²) in [6, 6.07) is 14.9. The van der Waals surface area contributed by atoms with E-state index < -0.39 is 17.9 Å². The Labute approximate surface area is 165 Å².